The molecule has 5 heteroatoms. The molecular formula is C19H21N5. The normalized spacial score (nSPS) is 23.0. The highest BCUT2D eigenvalue weighted by molar-refractivity contribution is 5.62. The summed E-state index contributed by atoms with van der Waals surface area (Å²) in [4.78, 5) is 13.4. The maximum absolute atomic E-state index is 9.49. The first-order chi connectivity index (χ1) is 11.8. The molecule has 0 amide bonds. The highest BCUT2D eigenvalue weighted by Gasteiger charge is 2.39. The molecule has 2 aliphatic rings. The van der Waals surface area contributed by atoms with Gasteiger partial charge in [0.25, 0.3) is 0 Å². The summed E-state index contributed by atoms with van der Waals surface area (Å²) in [5.74, 6) is 1.65. The van der Waals surface area contributed by atoms with E-state index in [1.807, 2.05) is 18.3 Å². The SMILES string of the molecule is Cc1ccc(C#N)c(N2CCC3CCN(c4cnccn4)CC32)c1. The Balaban J connectivity index is 1.63. The zero-order chi connectivity index (χ0) is 16.5. The highest BCUT2D eigenvalue weighted by atomic mass is 15.3. The molecule has 2 unspecified atom stereocenters. The Morgan fingerprint density at radius 3 is 2.88 bits per heavy atom. The number of aromatic nitrogens is 2. The molecule has 1 aromatic carbocycles. The van der Waals surface area contributed by atoms with Crippen LogP contribution in [0.5, 0.6) is 0 Å². The minimum atomic E-state index is 0.439. The van der Waals surface area contributed by atoms with Crippen LogP contribution in [0.2, 0.25) is 0 Å². The summed E-state index contributed by atoms with van der Waals surface area (Å²) in [6.45, 7) is 5.10. The van der Waals surface area contributed by atoms with Crippen LogP contribution in [0.25, 0.3) is 0 Å². The molecule has 1 aromatic heterocycles. The average molecular weight is 319 g/mol. The van der Waals surface area contributed by atoms with Gasteiger partial charge in [0.15, 0.2) is 0 Å². The summed E-state index contributed by atoms with van der Waals surface area (Å²) < 4.78 is 0. The van der Waals surface area contributed by atoms with E-state index in [0.29, 0.717) is 12.0 Å². The maximum atomic E-state index is 9.49. The third-order valence-electron chi connectivity index (χ3n) is 5.32. The van der Waals surface area contributed by atoms with Gasteiger partial charge in [-0.3, -0.25) is 4.98 Å². The molecule has 0 spiro atoms. The van der Waals surface area contributed by atoms with Crippen LogP contribution in [0.3, 0.4) is 0 Å². The quantitative estimate of drug-likeness (QED) is 0.852. The minimum Gasteiger partial charge on any atom is -0.365 e. The lowest BCUT2D eigenvalue weighted by Gasteiger charge is -2.40. The van der Waals surface area contributed by atoms with Crippen LogP contribution in [-0.4, -0.2) is 35.6 Å². The summed E-state index contributed by atoms with van der Waals surface area (Å²) >= 11 is 0. The first-order valence-electron chi connectivity index (χ1n) is 8.54. The fourth-order valence-electron chi connectivity index (χ4n) is 4.08. The van der Waals surface area contributed by atoms with Crippen molar-refractivity contribution in [1.82, 2.24) is 9.97 Å². The summed E-state index contributed by atoms with van der Waals surface area (Å²) in [5, 5.41) is 9.49. The third kappa shape index (κ3) is 2.58. The van der Waals surface area contributed by atoms with Gasteiger partial charge in [0.1, 0.15) is 11.9 Å². The lowest BCUT2D eigenvalue weighted by atomic mass is 9.92. The van der Waals surface area contributed by atoms with Crippen LogP contribution in [0, 0.1) is 24.2 Å². The molecule has 0 aliphatic carbocycles. The van der Waals surface area contributed by atoms with Crippen molar-refractivity contribution in [3.63, 3.8) is 0 Å². The van der Waals surface area contributed by atoms with Gasteiger partial charge < -0.3 is 9.80 Å². The van der Waals surface area contributed by atoms with Crippen molar-refractivity contribution in [2.75, 3.05) is 29.4 Å². The molecule has 0 bridgehead atoms. The molecule has 24 heavy (non-hydrogen) atoms. The van der Waals surface area contributed by atoms with Crippen molar-refractivity contribution in [2.45, 2.75) is 25.8 Å². The molecule has 0 saturated carbocycles. The molecule has 0 radical (unpaired) electrons. The van der Waals surface area contributed by atoms with Gasteiger partial charge in [0.05, 0.1) is 17.4 Å². The molecule has 2 aromatic rings. The van der Waals surface area contributed by atoms with Gasteiger partial charge >= 0.3 is 0 Å². The summed E-state index contributed by atoms with van der Waals surface area (Å²) in [5.41, 5.74) is 3.07. The number of fused-ring (bicyclic) bond motifs is 1. The van der Waals surface area contributed by atoms with Crippen molar-refractivity contribution < 1.29 is 0 Å². The summed E-state index contributed by atoms with van der Waals surface area (Å²) in [7, 11) is 0. The van der Waals surface area contributed by atoms with Gasteiger partial charge in [-0.2, -0.15) is 5.26 Å². The second kappa shape index (κ2) is 6.12. The molecule has 122 valence electrons. The molecule has 0 N–H and O–H groups in total. The number of anilines is 2. The molecule has 2 saturated heterocycles. The van der Waals surface area contributed by atoms with E-state index in [1.54, 1.807) is 12.4 Å². The first-order valence-corrected chi connectivity index (χ1v) is 8.54. The number of nitriles is 1. The van der Waals surface area contributed by atoms with Crippen LogP contribution >= 0.6 is 0 Å². The Labute approximate surface area is 142 Å². The smallest absolute Gasteiger partial charge is 0.147 e. The largest absolute Gasteiger partial charge is 0.365 e. The number of hydrogen-bond acceptors (Lipinski definition) is 5. The second-order valence-corrected chi connectivity index (χ2v) is 6.74. The Bertz CT molecular complexity index is 767. The van der Waals surface area contributed by atoms with E-state index in [2.05, 4.69) is 38.8 Å². The number of hydrogen-bond donors (Lipinski definition) is 0. The Morgan fingerprint density at radius 1 is 1.21 bits per heavy atom. The van der Waals surface area contributed by atoms with E-state index in [1.165, 1.54) is 18.4 Å². The Morgan fingerprint density at radius 2 is 2.08 bits per heavy atom. The third-order valence-corrected chi connectivity index (χ3v) is 5.32. The minimum absolute atomic E-state index is 0.439. The van der Waals surface area contributed by atoms with Gasteiger partial charge in [0.2, 0.25) is 0 Å². The molecule has 2 aliphatic heterocycles. The van der Waals surface area contributed by atoms with Gasteiger partial charge in [-0.05, 0) is 43.4 Å². The van der Waals surface area contributed by atoms with Gasteiger partial charge in [-0.25, -0.2) is 4.98 Å². The number of aryl methyl sites for hydroxylation is 1. The molecular weight excluding hydrogens is 298 g/mol. The molecule has 2 fully saturated rings. The molecule has 4 rings (SSSR count). The van der Waals surface area contributed by atoms with Crippen LogP contribution in [-0.2, 0) is 0 Å². The average Bonchev–Trinajstić information content (AvgIpc) is 3.05. The number of piperidine rings is 1. The van der Waals surface area contributed by atoms with E-state index >= 15 is 0 Å². The zero-order valence-corrected chi connectivity index (χ0v) is 13.9. The standard InChI is InChI=1S/C19H21N5/c1-14-2-3-16(11-20)17(10-14)24-9-5-15-4-8-23(13-18(15)24)19-12-21-6-7-22-19/h2-3,6-7,10,12,15,18H,4-5,8-9,13H2,1H3. The molecule has 2 atom stereocenters. The summed E-state index contributed by atoms with van der Waals surface area (Å²) in [6.07, 6.45) is 7.68. The topological polar surface area (TPSA) is 56.1 Å². The van der Waals surface area contributed by atoms with E-state index in [9.17, 15) is 5.26 Å². The number of nitrogens with zero attached hydrogens (tertiary/aromatic N) is 5. The van der Waals surface area contributed by atoms with Crippen LogP contribution in [0.1, 0.15) is 24.0 Å². The van der Waals surface area contributed by atoms with Crippen LogP contribution < -0.4 is 9.80 Å². The predicted octanol–water partition coefficient (Wildman–Crippen LogP) is 2.76. The molecule has 3 heterocycles. The van der Waals surface area contributed by atoms with Gasteiger partial charge in [-0.1, -0.05) is 6.07 Å². The van der Waals surface area contributed by atoms with Crippen molar-refractivity contribution >= 4 is 11.5 Å². The van der Waals surface area contributed by atoms with Crippen molar-refractivity contribution in [1.29, 1.82) is 5.26 Å². The van der Waals surface area contributed by atoms with Crippen LogP contribution in [0.15, 0.2) is 36.8 Å². The second-order valence-electron chi connectivity index (χ2n) is 6.74. The van der Waals surface area contributed by atoms with Gasteiger partial charge in [0, 0.05) is 38.1 Å². The van der Waals surface area contributed by atoms with Gasteiger partial charge in [-0.15, -0.1) is 0 Å². The highest BCUT2D eigenvalue weighted by Crippen LogP contribution is 2.37. The summed E-state index contributed by atoms with van der Waals surface area (Å²) in [6, 6.07) is 8.92. The lowest BCUT2D eigenvalue weighted by molar-refractivity contribution is 0.389. The lowest BCUT2D eigenvalue weighted by Crippen LogP contribution is -2.48. The predicted molar refractivity (Wildman–Crippen MR) is 94.0 cm³/mol. The monoisotopic (exact) mass is 319 g/mol. The molecule has 5 nitrogen and oxygen atoms in total. The van der Waals surface area contributed by atoms with E-state index in [4.69, 9.17) is 0 Å². The van der Waals surface area contributed by atoms with Crippen LogP contribution in [0.4, 0.5) is 11.5 Å². The zero-order valence-electron chi connectivity index (χ0n) is 13.9. The van der Waals surface area contributed by atoms with E-state index in [0.717, 1.165) is 36.7 Å². The Kier molecular flexibility index (Phi) is 3.81. The number of benzene rings is 1. The number of rotatable bonds is 2. The fraction of sp³-hybridized carbons (Fsp3) is 0.421. The van der Waals surface area contributed by atoms with Crippen molar-refractivity contribution in [3.05, 3.63) is 47.9 Å². The van der Waals surface area contributed by atoms with E-state index in [-0.39, 0.29) is 0 Å². The fourth-order valence-corrected chi connectivity index (χ4v) is 4.08. The first kappa shape index (κ1) is 14.9. The van der Waals surface area contributed by atoms with Crippen molar-refractivity contribution in [2.24, 2.45) is 5.92 Å². The van der Waals surface area contributed by atoms with Crippen molar-refractivity contribution in [3.8, 4) is 6.07 Å². The Hall–Kier alpha value is -2.61. The maximum Gasteiger partial charge on any atom is 0.147 e. The van der Waals surface area contributed by atoms with E-state index < -0.39 is 0 Å².